The second-order valence-electron chi connectivity index (χ2n) is 4.44. The minimum absolute atomic E-state index is 0.507. The van der Waals surface area contributed by atoms with Gasteiger partial charge in [0.15, 0.2) is 0 Å². The third-order valence-electron chi connectivity index (χ3n) is 2.50. The van der Waals surface area contributed by atoms with Crippen LogP contribution in [0.15, 0.2) is 36.0 Å². The summed E-state index contributed by atoms with van der Waals surface area (Å²) < 4.78 is 5.68. The number of nitrogens with one attached hydrogen (secondary N) is 1. The van der Waals surface area contributed by atoms with Crippen LogP contribution >= 0.6 is 11.3 Å². The molecule has 0 aliphatic carbocycles. The van der Waals surface area contributed by atoms with E-state index in [0.29, 0.717) is 12.6 Å². The Balaban J connectivity index is 1.83. The van der Waals surface area contributed by atoms with Crippen LogP contribution in [0.1, 0.15) is 24.3 Å². The summed E-state index contributed by atoms with van der Waals surface area (Å²) in [5, 5.41) is 3.39. The van der Waals surface area contributed by atoms with Crippen molar-refractivity contribution in [2.24, 2.45) is 0 Å². The van der Waals surface area contributed by atoms with E-state index in [1.54, 1.807) is 11.3 Å². The number of hydrogen-bond acceptors (Lipinski definition) is 4. The second-order valence-corrected chi connectivity index (χ2v) is 5.41. The Morgan fingerprint density at radius 3 is 2.67 bits per heavy atom. The van der Waals surface area contributed by atoms with Crippen LogP contribution in [0.5, 0.6) is 5.75 Å². The van der Waals surface area contributed by atoms with E-state index in [-0.39, 0.29) is 0 Å². The van der Waals surface area contributed by atoms with Crippen molar-refractivity contribution in [1.82, 2.24) is 10.3 Å². The van der Waals surface area contributed by atoms with Gasteiger partial charge in [0, 0.05) is 18.8 Å². The van der Waals surface area contributed by atoms with Gasteiger partial charge in [-0.05, 0) is 17.7 Å². The molecule has 4 heteroatoms. The van der Waals surface area contributed by atoms with Crippen molar-refractivity contribution >= 4 is 11.3 Å². The van der Waals surface area contributed by atoms with Crippen molar-refractivity contribution in [2.45, 2.75) is 33.0 Å². The van der Waals surface area contributed by atoms with Crippen LogP contribution in [0.2, 0.25) is 0 Å². The summed E-state index contributed by atoms with van der Waals surface area (Å²) in [5.74, 6) is 0.900. The summed E-state index contributed by atoms with van der Waals surface area (Å²) >= 11 is 1.61. The van der Waals surface area contributed by atoms with Crippen LogP contribution < -0.4 is 10.1 Å². The van der Waals surface area contributed by atoms with Crippen LogP contribution in [0.25, 0.3) is 0 Å². The number of benzene rings is 1. The van der Waals surface area contributed by atoms with Gasteiger partial charge in [0.1, 0.15) is 12.4 Å². The molecule has 2 rings (SSSR count). The second kappa shape index (κ2) is 6.52. The lowest BCUT2D eigenvalue weighted by molar-refractivity contribution is 0.309. The Morgan fingerprint density at radius 2 is 2.06 bits per heavy atom. The SMILES string of the molecule is CC(C)NCc1ccc(OCc2cncs2)cc1. The van der Waals surface area contributed by atoms with E-state index in [4.69, 9.17) is 4.74 Å². The van der Waals surface area contributed by atoms with Crippen LogP contribution in [-0.2, 0) is 13.2 Å². The highest BCUT2D eigenvalue weighted by Crippen LogP contribution is 2.15. The fourth-order valence-electron chi connectivity index (χ4n) is 1.49. The molecule has 0 saturated carbocycles. The summed E-state index contributed by atoms with van der Waals surface area (Å²) in [4.78, 5) is 5.16. The first-order valence-corrected chi connectivity index (χ1v) is 6.94. The molecule has 0 amide bonds. The minimum atomic E-state index is 0.507. The Bertz CT molecular complexity index is 451. The quantitative estimate of drug-likeness (QED) is 0.868. The third-order valence-corrected chi connectivity index (χ3v) is 3.26. The maximum Gasteiger partial charge on any atom is 0.124 e. The molecule has 1 aromatic heterocycles. The summed E-state index contributed by atoms with van der Waals surface area (Å²) in [6, 6.07) is 8.72. The van der Waals surface area contributed by atoms with Gasteiger partial charge in [-0.3, -0.25) is 4.98 Å². The summed E-state index contributed by atoms with van der Waals surface area (Å²) in [6.45, 7) is 5.78. The molecule has 1 aromatic carbocycles. The smallest absolute Gasteiger partial charge is 0.124 e. The molecule has 96 valence electrons. The molecular formula is C14H18N2OS. The summed E-state index contributed by atoms with van der Waals surface area (Å²) in [5.41, 5.74) is 3.09. The highest BCUT2D eigenvalue weighted by molar-refractivity contribution is 7.09. The molecule has 1 N–H and O–H groups in total. The molecule has 0 atom stereocenters. The number of ether oxygens (including phenoxy) is 1. The van der Waals surface area contributed by atoms with Crippen LogP contribution in [0, 0.1) is 0 Å². The lowest BCUT2D eigenvalue weighted by Gasteiger charge is -2.09. The molecule has 0 aliphatic rings. The highest BCUT2D eigenvalue weighted by atomic mass is 32.1. The molecule has 2 aromatic rings. The molecule has 0 radical (unpaired) electrons. The molecule has 18 heavy (non-hydrogen) atoms. The first-order chi connectivity index (χ1) is 8.74. The van der Waals surface area contributed by atoms with Crippen molar-refractivity contribution in [3.63, 3.8) is 0 Å². The molecule has 0 unspecified atom stereocenters. The largest absolute Gasteiger partial charge is 0.488 e. The van der Waals surface area contributed by atoms with Gasteiger partial charge < -0.3 is 10.1 Å². The van der Waals surface area contributed by atoms with E-state index in [1.165, 1.54) is 5.56 Å². The van der Waals surface area contributed by atoms with Crippen molar-refractivity contribution in [3.8, 4) is 5.75 Å². The Kier molecular flexibility index (Phi) is 4.73. The molecule has 0 saturated heterocycles. The average molecular weight is 262 g/mol. The Morgan fingerprint density at radius 1 is 1.28 bits per heavy atom. The summed E-state index contributed by atoms with van der Waals surface area (Å²) in [7, 11) is 0. The van der Waals surface area contributed by atoms with Gasteiger partial charge in [0.05, 0.1) is 10.4 Å². The third kappa shape index (κ3) is 4.13. The normalized spacial score (nSPS) is 10.8. The van der Waals surface area contributed by atoms with Crippen molar-refractivity contribution in [1.29, 1.82) is 0 Å². The van der Waals surface area contributed by atoms with E-state index in [0.717, 1.165) is 17.2 Å². The average Bonchev–Trinajstić information content (AvgIpc) is 2.88. The predicted molar refractivity (Wildman–Crippen MR) is 74.9 cm³/mol. The van der Waals surface area contributed by atoms with Gasteiger partial charge in [-0.15, -0.1) is 11.3 Å². The molecule has 3 nitrogen and oxygen atoms in total. The Hall–Kier alpha value is -1.39. The first-order valence-electron chi connectivity index (χ1n) is 6.06. The molecular weight excluding hydrogens is 244 g/mol. The lowest BCUT2D eigenvalue weighted by Crippen LogP contribution is -2.21. The number of hydrogen-bond donors (Lipinski definition) is 1. The van der Waals surface area contributed by atoms with Crippen LogP contribution in [0.4, 0.5) is 0 Å². The zero-order valence-electron chi connectivity index (χ0n) is 10.7. The number of rotatable bonds is 6. The molecule has 0 bridgehead atoms. The maximum atomic E-state index is 5.68. The standard InChI is InChI=1S/C14H18N2OS/c1-11(2)16-7-12-3-5-13(6-4-12)17-9-14-8-15-10-18-14/h3-6,8,10-11,16H,7,9H2,1-2H3. The zero-order valence-corrected chi connectivity index (χ0v) is 11.5. The van der Waals surface area contributed by atoms with E-state index in [9.17, 15) is 0 Å². The van der Waals surface area contributed by atoms with Crippen molar-refractivity contribution < 1.29 is 4.74 Å². The molecule has 0 fully saturated rings. The first kappa shape index (κ1) is 13.1. The predicted octanol–water partition coefficient (Wildman–Crippen LogP) is 3.22. The number of nitrogens with zero attached hydrogens (tertiary/aromatic N) is 1. The number of thiazole rings is 1. The van der Waals surface area contributed by atoms with E-state index < -0.39 is 0 Å². The number of aromatic nitrogens is 1. The van der Waals surface area contributed by atoms with E-state index >= 15 is 0 Å². The topological polar surface area (TPSA) is 34.1 Å². The van der Waals surface area contributed by atoms with Crippen molar-refractivity contribution in [3.05, 3.63) is 46.4 Å². The monoisotopic (exact) mass is 262 g/mol. The van der Waals surface area contributed by atoms with Crippen molar-refractivity contribution in [2.75, 3.05) is 0 Å². The molecule has 1 heterocycles. The minimum Gasteiger partial charge on any atom is -0.488 e. The van der Waals surface area contributed by atoms with Gasteiger partial charge in [0.25, 0.3) is 0 Å². The van der Waals surface area contributed by atoms with E-state index in [2.05, 4.69) is 36.3 Å². The lowest BCUT2D eigenvalue weighted by atomic mass is 10.2. The van der Waals surface area contributed by atoms with Gasteiger partial charge >= 0.3 is 0 Å². The van der Waals surface area contributed by atoms with Crippen LogP contribution in [-0.4, -0.2) is 11.0 Å². The molecule has 0 aliphatic heterocycles. The van der Waals surface area contributed by atoms with Gasteiger partial charge in [-0.1, -0.05) is 26.0 Å². The van der Waals surface area contributed by atoms with Gasteiger partial charge in [0.2, 0.25) is 0 Å². The summed E-state index contributed by atoms with van der Waals surface area (Å²) in [6.07, 6.45) is 1.84. The van der Waals surface area contributed by atoms with E-state index in [1.807, 2.05) is 23.8 Å². The van der Waals surface area contributed by atoms with Crippen LogP contribution in [0.3, 0.4) is 0 Å². The fourth-order valence-corrected chi connectivity index (χ4v) is 2.00. The maximum absolute atomic E-state index is 5.68. The molecule has 0 spiro atoms. The zero-order chi connectivity index (χ0) is 12.8. The van der Waals surface area contributed by atoms with Gasteiger partial charge in [-0.25, -0.2) is 0 Å². The fraction of sp³-hybridized carbons (Fsp3) is 0.357. The van der Waals surface area contributed by atoms with Gasteiger partial charge in [-0.2, -0.15) is 0 Å². The highest BCUT2D eigenvalue weighted by Gasteiger charge is 1.99. The Labute approximate surface area is 112 Å².